The lowest BCUT2D eigenvalue weighted by molar-refractivity contribution is -0.127. The third-order valence-corrected chi connectivity index (χ3v) is 4.87. The molecule has 1 fully saturated rings. The Morgan fingerprint density at radius 1 is 1.29 bits per heavy atom. The van der Waals surface area contributed by atoms with Crippen molar-refractivity contribution in [2.24, 2.45) is 5.92 Å². The highest BCUT2D eigenvalue weighted by atomic mass is 35.5. The minimum Gasteiger partial charge on any atom is -0.350 e. The maximum Gasteiger partial charge on any atom is 0.225 e. The van der Waals surface area contributed by atoms with Crippen LogP contribution < -0.4 is 5.32 Å². The van der Waals surface area contributed by atoms with Gasteiger partial charge < -0.3 is 10.2 Å². The fraction of sp³-hybridized carbons (Fsp3) is 0.368. The van der Waals surface area contributed by atoms with Crippen molar-refractivity contribution in [3.8, 4) is 0 Å². The highest BCUT2D eigenvalue weighted by Gasteiger charge is 2.33. The molecule has 126 valence electrons. The van der Waals surface area contributed by atoms with Crippen molar-refractivity contribution < 1.29 is 4.79 Å². The number of likely N-dealkylation sites (tertiary alicyclic amines) is 1. The number of rotatable bonds is 4. The van der Waals surface area contributed by atoms with Crippen LogP contribution in [-0.2, 0) is 11.3 Å². The molecule has 3 rings (SSSR count). The van der Waals surface area contributed by atoms with Gasteiger partial charge in [-0.2, -0.15) is 0 Å². The van der Waals surface area contributed by atoms with E-state index in [-0.39, 0.29) is 17.7 Å². The second-order valence-corrected chi connectivity index (χ2v) is 6.79. The van der Waals surface area contributed by atoms with Gasteiger partial charge in [-0.1, -0.05) is 29.8 Å². The lowest BCUT2D eigenvalue weighted by Gasteiger charge is -2.36. The van der Waals surface area contributed by atoms with Crippen LogP contribution >= 0.6 is 11.6 Å². The van der Waals surface area contributed by atoms with Gasteiger partial charge in [0.15, 0.2) is 0 Å². The van der Waals surface area contributed by atoms with Gasteiger partial charge >= 0.3 is 0 Å². The van der Waals surface area contributed by atoms with Crippen LogP contribution in [0.5, 0.6) is 0 Å². The Morgan fingerprint density at radius 3 is 2.79 bits per heavy atom. The van der Waals surface area contributed by atoms with E-state index in [1.807, 2.05) is 42.5 Å². The lowest BCUT2D eigenvalue weighted by atomic mass is 9.80. The molecule has 24 heavy (non-hydrogen) atoms. The minimum absolute atomic E-state index is 0.0614. The number of carbonyl (C=O) groups is 1. The van der Waals surface area contributed by atoms with Crippen LogP contribution in [0.1, 0.15) is 23.6 Å². The standard InChI is InChI=1S/C19H22ClN3O/c1-23-11-9-17(14-5-7-15(20)8-6-14)18(13-23)19(24)22-12-16-4-2-3-10-21-16/h2-8,10,17-18H,9,11-13H2,1H3,(H,22,24)/t17-,18-/m1/s1. The van der Waals surface area contributed by atoms with Crippen molar-refractivity contribution in [2.75, 3.05) is 20.1 Å². The average molecular weight is 344 g/mol. The van der Waals surface area contributed by atoms with Crippen molar-refractivity contribution in [2.45, 2.75) is 18.9 Å². The second-order valence-electron chi connectivity index (χ2n) is 6.35. The summed E-state index contributed by atoms with van der Waals surface area (Å²) in [4.78, 5) is 19.3. The molecule has 0 radical (unpaired) electrons. The van der Waals surface area contributed by atoms with E-state index in [1.54, 1.807) is 6.20 Å². The molecule has 1 aliphatic rings. The van der Waals surface area contributed by atoms with E-state index in [2.05, 4.69) is 22.2 Å². The molecular weight excluding hydrogens is 322 g/mol. The Bertz CT molecular complexity index is 675. The van der Waals surface area contributed by atoms with Gasteiger partial charge in [0.1, 0.15) is 0 Å². The van der Waals surface area contributed by atoms with Gasteiger partial charge in [-0.25, -0.2) is 0 Å². The SMILES string of the molecule is CN1CC[C@H](c2ccc(Cl)cc2)[C@H](C(=O)NCc2ccccn2)C1. The van der Waals surface area contributed by atoms with Gasteiger partial charge in [0.25, 0.3) is 0 Å². The number of piperidine rings is 1. The Hall–Kier alpha value is -1.91. The Morgan fingerprint density at radius 2 is 2.08 bits per heavy atom. The van der Waals surface area contributed by atoms with Crippen LogP contribution in [0.4, 0.5) is 0 Å². The van der Waals surface area contributed by atoms with E-state index in [0.717, 1.165) is 30.2 Å². The van der Waals surface area contributed by atoms with Gasteiger partial charge in [-0.3, -0.25) is 9.78 Å². The number of hydrogen-bond donors (Lipinski definition) is 1. The molecule has 0 spiro atoms. The van der Waals surface area contributed by atoms with Crippen LogP contribution in [-0.4, -0.2) is 35.9 Å². The summed E-state index contributed by atoms with van der Waals surface area (Å²) in [7, 11) is 2.07. The number of amides is 1. The molecule has 2 aromatic rings. The number of carbonyl (C=O) groups excluding carboxylic acids is 1. The minimum atomic E-state index is -0.0614. The fourth-order valence-corrected chi connectivity index (χ4v) is 3.43. The van der Waals surface area contributed by atoms with Crippen LogP contribution in [0.2, 0.25) is 5.02 Å². The normalized spacial score (nSPS) is 21.4. The van der Waals surface area contributed by atoms with E-state index in [1.165, 1.54) is 5.56 Å². The molecule has 1 aromatic heterocycles. The molecule has 1 saturated heterocycles. The maximum atomic E-state index is 12.8. The average Bonchev–Trinajstić information content (AvgIpc) is 2.61. The Labute approximate surface area is 147 Å². The summed E-state index contributed by atoms with van der Waals surface area (Å²) in [5, 5.41) is 3.77. The number of aromatic nitrogens is 1. The zero-order valence-electron chi connectivity index (χ0n) is 13.8. The van der Waals surface area contributed by atoms with Crippen LogP contribution in [0, 0.1) is 5.92 Å². The molecule has 1 aromatic carbocycles. The largest absolute Gasteiger partial charge is 0.350 e. The van der Waals surface area contributed by atoms with E-state index in [4.69, 9.17) is 11.6 Å². The van der Waals surface area contributed by atoms with Crippen molar-refractivity contribution in [1.82, 2.24) is 15.2 Å². The predicted molar refractivity (Wildman–Crippen MR) is 95.9 cm³/mol. The second kappa shape index (κ2) is 7.77. The summed E-state index contributed by atoms with van der Waals surface area (Å²) in [5.74, 6) is 0.253. The molecule has 0 unspecified atom stereocenters. The highest BCUT2D eigenvalue weighted by Crippen LogP contribution is 2.33. The molecule has 1 N–H and O–H groups in total. The van der Waals surface area contributed by atoms with Crippen LogP contribution in [0.25, 0.3) is 0 Å². The smallest absolute Gasteiger partial charge is 0.225 e. The zero-order chi connectivity index (χ0) is 16.9. The van der Waals surface area contributed by atoms with Gasteiger partial charge in [-0.05, 0) is 55.8 Å². The van der Waals surface area contributed by atoms with Crippen molar-refractivity contribution >= 4 is 17.5 Å². The molecule has 5 heteroatoms. The number of halogens is 1. The number of benzene rings is 1. The van der Waals surface area contributed by atoms with Crippen molar-refractivity contribution in [3.63, 3.8) is 0 Å². The highest BCUT2D eigenvalue weighted by molar-refractivity contribution is 6.30. The third kappa shape index (κ3) is 4.13. The topological polar surface area (TPSA) is 45.2 Å². The van der Waals surface area contributed by atoms with Gasteiger partial charge in [-0.15, -0.1) is 0 Å². The molecule has 0 saturated carbocycles. The first kappa shape index (κ1) is 16.9. The van der Waals surface area contributed by atoms with E-state index in [0.29, 0.717) is 6.54 Å². The summed E-state index contributed by atoms with van der Waals surface area (Å²) >= 11 is 6.00. The predicted octanol–water partition coefficient (Wildman–Crippen LogP) is 3.09. The number of hydrogen-bond acceptors (Lipinski definition) is 3. The molecule has 0 bridgehead atoms. The fourth-order valence-electron chi connectivity index (χ4n) is 3.30. The summed E-state index contributed by atoms with van der Waals surface area (Å²) in [5.41, 5.74) is 2.06. The molecular formula is C19H22ClN3O. The summed E-state index contributed by atoms with van der Waals surface area (Å²) in [6.45, 7) is 2.23. The number of nitrogens with zero attached hydrogens (tertiary/aromatic N) is 2. The first-order valence-corrected chi connectivity index (χ1v) is 8.63. The quantitative estimate of drug-likeness (QED) is 0.927. The van der Waals surface area contributed by atoms with Gasteiger partial charge in [0.05, 0.1) is 18.2 Å². The van der Waals surface area contributed by atoms with E-state index < -0.39 is 0 Å². The first-order chi connectivity index (χ1) is 11.6. The maximum absolute atomic E-state index is 12.8. The summed E-state index contributed by atoms with van der Waals surface area (Å²) < 4.78 is 0. The number of pyridine rings is 1. The van der Waals surface area contributed by atoms with Crippen LogP contribution in [0.3, 0.4) is 0 Å². The third-order valence-electron chi connectivity index (χ3n) is 4.62. The van der Waals surface area contributed by atoms with E-state index in [9.17, 15) is 4.79 Å². The summed E-state index contributed by atoms with van der Waals surface area (Å²) in [6.07, 6.45) is 2.71. The summed E-state index contributed by atoms with van der Waals surface area (Å²) in [6, 6.07) is 13.6. The monoisotopic (exact) mass is 343 g/mol. The number of nitrogens with one attached hydrogen (secondary N) is 1. The Balaban J connectivity index is 1.71. The van der Waals surface area contributed by atoms with Crippen molar-refractivity contribution in [1.29, 1.82) is 0 Å². The van der Waals surface area contributed by atoms with Crippen LogP contribution in [0.15, 0.2) is 48.7 Å². The molecule has 4 nitrogen and oxygen atoms in total. The Kier molecular flexibility index (Phi) is 5.48. The zero-order valence-corrected chi connectivity index (χ0v) is 14.5. The lowest BCUT2D eigenvalue weighted by Crippen LogP contribution is -2.45. The molecule has 1 amide bonds. The van der Waals surface area contributed by atoms with Gasteiger partial charge in [0.2, 0.25) is 5.91 Å². The first-order valence-electron chi connectivity index (χ1n) is 8.25. The van der Waals surface area contributed by atoms with E-state index >= 15 is 0 Å². The van der Waals surface area contributed by atoms with Crippen molar-refractivity contribution in [3.05, 3.63) is 64.9 Å². The molecule has 2 atom stereocenters. The van der Waals surface area contributed by atoms with Gasteiger partial charge in [0, 0.05) is 17.8 Å². The molecule has 2 heterocycles. The molecule has 0 aliphatic carbocycles. The molecule has 1 aliphatic heterocycles.